The van der Waals surface area contributed by atoms with Gasteiger partial charge in [0.15, 0.2) is 0 Å². The molecule has 0 radical (unpaired) electrons. The molecule has 3 aromatic rings. The SMILES string of the molecule is CCC(C)NC(=O)Cn1c(=CC(=O)Nc2ccccc2OC)sc(=Cc2ccc(F)cc2)c1=O. The molecule has 34 heavy (non-hydrogen) atoms. The number of nitrogens with zero attached hydrogens (tertiary/aromatic N) is 1. The molecule has 3 rings (SSSR count). The molecular weight excluding hydrogens is 457 g/mol. The van der Waals surface area contributed by atoms with Crippen molar-refractivity contribution >= 4 is 41.0 Å². The maximum absolute atomic E-state index is 13.2. The molecule has 9 heteroatoms. The monoisotopic (exact) mass is 483 g/mol. The van der Waals surface area contributed by atoms with Crippen LogP contribution in [0.15, 0.2) is 53.3 Å². The highest BCUT2D eigenvalue weighted by Crippen LogP contribution is 2.22. The minimum atomic E-state index is -0.477. The van der Waals surface area contributed by atoms with E-state index in [4.69, 9.17) is 4.74 Å². The molecule has 2 amide bonds. The van der Waals surface area contributed by atoms with E-state index in [0.29, 0.717) is 26.2 Å². The van der Waals surface area contributed by atoms with Gasteiger partial charge in [-0.25, -0.2) is 4.39 Å². The minimum Gasteiger partial charge on any atom is -0.495 e. The fraction of sp³-hybridized carbons (Fsp3) is 0.240. The molecule has 7 nitrogen and oxygen atoms in total. The number of ether oxygens (including phenoxy) is 1. The molecule has 2 aromatic carbocycles. The van der Waals surface area contributed by atoms with Crippen LogP contribution in [-0.4, -0.2) is 29.5 Å². The number of methoxy groups -OCH3 is 1. The van der Waals surface area contributed by atoms with Crippen molar-refractivity contribution in [2.75, 3.05) is 12.4 Å². The molecule has 0 aliphatic heterocycles. The number of nitrogens with one attached hydrogen (secondary N) is 2. The molecule has 2 N–H and O–H groups in total. The maximum atomic E-state index is 13.2. The number of amides is 2. The van der Waals surface area contributed by atoms with Crippen molar-refractivity contribution in [3.05, 3.63) is 79.5 Å². The smallest absolute Gasteiger partial charge is 0.269 e. The first-order valence-corrected chi connectivity index (χ1v) is 11.5. The number of para-hydroxylation sites is 2. The molecule has 1 aromatic heterocycles. The van der Waals surface area contributed by atoms with E-state index in [9.17, 15) is 18.8 Å². The molecular formula is C25H26FN3O4S. The van der Waals surface area contributed by atoms with Crippen molar-refractivity contribution in [1.29, 1.82) is 0 Å². The molecule has 0 aliphatic carbocycles. The Hall–Kier alpha value is -3.72. The van der Waals surface area contributed by atoms with Crippen LogP contribution in [0.4, 0.5) is 10.1 Å². The summed E-state index contributed by atoms with van der Waals surface area (Å²) < 4.78 is 20.4. The highest BCUT2D eigenvalue weighted by atomic mass is 32.1. The van der Waals surface area contributed by atoms with E-state index in [1.165, 1.54) is 29.9 Å². The third-order valence-corrected chi connectivity index (χ3v) is 6.10. The summed E-state index contributed by atoms with van der Waals surface area (Å²) in [5.74, 6) is -0.701. The average molecular weight is 484 g/mol. The highest BCUT2D eigenvalue weighted by molar-refractivity contribution is 7.07. The van der Waals surface area contributed by atoms with Gasteiger partial charge in [-0.15, -0.1) is 11.3 Å². The fourth-order valence-corrected chi connectivity index (χ4v) is 4.14. The summed E-state index contributed by atoms with van der Waals surface area (Å²) in [5, 5.41) is 5.56. The Morgan fingerprint density at radius 3 is 2.56 bits per heavy atom. The summed E-state index contributed by atoms with van der Waals surface area (Å²) in [7, 11) is 1.50. The van der Waals surface area contributed by atoms with E-state index >= 15 is 0 Å². The number of hydrogen-bond donors (Lipinski definition) is 2. The van der Waals surface area contributed by atoms with Crippen molar-refractivity contribution < 1.29 is 18.7 Å². The number of aromatic nitrogens is 1. The molecule has 0 fully saturated rings. The number of rotatable bonds is 8. The van der Waals surface area contributed by atoms with Crippen LogP contribution in [0, 0.1) is 5.82 Å². The second kappa shape index (κ2) is 11.4. The molecule has 1 heterocycles. The van der Waals surface area contributed by atoms with Crippen molar-refractivity contribution in [3.8, 4) is 5.75 Å². The summed E-state index contributed by atoms with van der Waals surface area (Å²) >= 11 is 1.07. The number of carbonyl (C=O) groups excluding carboxylic acids is 2. The minimum absolute atomic E-state index is 0.0478. The van der Waals surface area contributed by atoms with Gasteiger partial charge in [0, 0.05) is 12.1 Å². The Kier molecular flexibility index (Phi) is 8.37. The third-order valence-electron chi connectivity index (χ3n) is 5.05. The molecule has 178 valence electrons. The predicted octanol–water partition coefficient (Wildman–Crippen LogP) is 2.22. The van der Waals surface area contributed by atoms with Gasteiger partial charge >= 0.3 is 0 Å². The second-order valence-corrected chi connectivity index (χ2v) is 8.66. The van der Waals surface area contributed by atoms with Crippen LogP contribution in [-0.2, 0) is 16.1 Å². The Labute approximate surface area is 200 Å². The van der Waals surface area contributed by atoms with Gasteiger partial charge in [-0.3, -0.25) is 19.0 Å². The van der Waals surface area contributed by atoms with Gasteiger partial charge in [0.05, 0.1) is 17.3 Å². The quantitative estimate of drug-likeness (QED) is 0.514. The number of benzene rings is 2. The van der Waals surface area contributed by atoms with Crippen LogP contribution in [0.5, 0.6) is 5.75 Å². The van der Waals surface area contributed by atoms with Crippen molar-refractivity contribution in [2.24, 2.45) is 0 Å². The highest BCUT2D eigenvalue weighted by Gasteiger charge is 2.13. The zero-order valence-electron chi connectivity index (χ0n) is 19.1. The predicted molar refractivity (Wildman–Crippen MR) is 132 cm³/mol. The summed E-state index contributed by atoms with van der Waals surface area (Å²) in [4.78, 5) is 38.4. The van der Waals surface area contributed by atoms with Crippen LogP contribution < -0.4 is 30.1 Å². The van der Waals surface area contributed by atoms with Crippen LogP contribution in [0.2, 0.25) is 0 Å². The molecule has 1 atom stereocenters. The largest absolute Gasteiger partial charge is 0.495 e. The standard InChI is InChI=1S/C25H26FN3O4S/c1-4-16(2)27-23(31)15-29-24(14-22(30)28-19-7-5-6-8-20(19)33-3)34-21(25(29)32)13-17-9-11-18(26)12-10-17/h5-14,16H,4,15H2,1-3H3,(H,27,31)(H,28,30). The zero-order chi connectivity index (χ0) is 24.7. The van der Waals surface area contributed by atoms with Gasteiger partial charge in [-0.05, 0) is 49.2 Å². The van der Waals surface area contributed by atoms with E-state index in [0.717, 1.165) is 17.8 Å². The van der Waals surface area contributed by atoms with Gasteiger partial charge in [0.25, 0.3) is 11.5 Å². The molecule has 0 saturated carbocycles. The van der Waals surface area contributed by atoms with Crippen molar-refractivity contribution in [2.45, 2.75) is 32.9 Å². The van der Waals surface area contributed by atoms with Gasteiger partial charge in [-0.2, -0.15) is 0 Å². The normalized spacial score (nSPS) is 12.9. The Morgan fingerprint density at radius 1 is 1.18 bits per heavy atom. The molecule has 0 bridgehead atoms. The van der Waals surface area contributed by atoms with Gasteiger partial charge < -0.3 is 15.4 Å². The summed E-state index contributed by atoms with van der Waals surface area (Å²) in [6.07, 6.45) is 3.62. The maximum Gasteiger partial charge on any atom is 0.269 e. The van der Waals surface area contributed by atoms with Gasteiger partial charge in [0.2, 0.25) is 5.91 Å². The lowest BCUT2D eigenvalue weighted by molar-refractivity contribution is -0.122. The molecule has 1 unspecified atom stereocenters. The lowest BCUT2D eigenvalue weighted by Crippen LogP contribution is -2.41. The third kappa shape index (κ3) is 6.41. The number of carbonyl (C=O) groups is 2. The van der Waals surface area contributed by atoms with E-state index in [-0.39, 0.29) is 24.3 Å². The van der Waals surface area contributed by atoms with Crippen LogP contribution in [0.25, 0.3) is 12.2 Å². The van der Waals surface area contributed by atoms with Crippen LogP contribution in [0.1, 0.15) is 25.8 Å². The van der Waals surface area contributed by atoms with Crippen molar-refractivity contribution in [1.82, 2.24) is 9.88 Å². The molecule has 0 spiro atoms. The summed E-state index contributed by atoms with van der Waals surface area (Å²) in [6.45, 7) is 3.58. The first kappa shape index (κ1) is 24.9. The zero-order valence-corrected chi connectivity index (χ0v) is 19.9. The van der Waals surface area contributed by atoms with Crippen LogP contribution in [0.3, 0.4) is 0 Å². The first-order chi connectivity index (χ1) is 16.3. The number of thiazole rings is 1. The Morgan fingerprint density at radius 2 is 1.88 bits per heavy atom. The summed E-state index contributed by atoms with van der Waals surface area (Å²) in [6, 6.07) is 12.6. The van der Waals surface area contributed by atoms with E-state index in [1.54, 1.807) is 42.5 Å². The van der Waals surface area contributed by atoms with Crippen LogP contribution >= 0.6 is 11.3 Å². The fourth-order valence-electron chi connectivity index (χ4n) is 3.10. The van der Waals surface area contributed by atoms with E-state index in [2.05, 4.69) is 10.6 Å². The van der Waals surface area contributed by atoms with Crippen molar-refractivity contribution in [3.63, 3.8) is 0 Å². The first-order valence-electron chi connectivity index (χ1n) is 10.7. The molecule has 0 saturated heterocycles. The lowest BCUT2D eigenvalue weighted by atomic mass is 10.2. The topological polar surface area (TPSA) is 89.4 Å². The lowest BCUT2D eigenvalue weighted by Gasteiger charge is -2.11. The summed E-state index contributed by atoms with van der Waals surface area (Å²) in [5.41, 5.74) is 0.690. The molecule has 0 aliphatic rings. The van der Waals surface area contributed by atoms with E-state index < -0.39 is 11.5 Å². The van der Waals surface area contributed by atoms with E-state index in [1.807, 2.05) is 13.8 Å². The average Bonchev–Trinajstić information content (AvgIpc) is 3.09. The number of hydrogen-bond acceptors (Lipinski definition) is 5. The van der Waals surface area contributed by atoms with Gasteiger partial charge in [0.1, 0.15) is 22.8 Å². The Balaban J connectivity index is 2.02. The number of anilines is 1. The van der Waals surface area contributed by atoms with Gasteiger partial charge in [-0.1, -0.05) is 31.2 Å². The number of halogens is 1. The Bertz CT molecular complexity index is 1350. The second-order valence-electron chi connectivity index (χ2n) is 7.60.